The number of hydrogen-bond donors (Lipinski definition) is 1. The largest absolute Gasteiger partial charge is 0.484 e. The molecule has 3 rings (SSSR count). The third-order valence-corrected chi connectivity index (χ3v) is 4.54. The van der Waals surface area contributed by atoms with Crippen molar-refractivity contribution in [3.8, 4) is 5.75 Å². The van der Waals surface area contributed by atoms with E-state index in [0.29, 0.717) is 12.0 Å². The first kappa shape index (κ1) is 12.5. The van der Waals surface area contributed by atoms with Crippen LogP contribution in [0, 0.1) is 18.8 Å². The summed E-state index contributed by atoms with van der Waals surface area (Å²) in [6, 6.07) is 8.18. The molecule has 0 spiro atoms. The molecule has 3 nitrogen and oxygen atoms in total. The van der Waals surface area contributed by atoms with Crippen LogP contribution in [0.2, 0.25) is 0 Å². The highest BCUT2D eigenvalue weighted by Gasteiger charge is 2.40. The van der Waals surface area contributed by atoms with Gasteiger partial charge in [0.15, 0.2) is 6.61 Å². The molecule has 0 heterocycles. The Bertz CT molecular complexity index is 472. The smallest absolute Gasteiger partial charge is 0.258 e. The van der Waals surface area contributed by atoms with Gasteiger partial charge in [-0.2, -0.15) is 0 Å². The first-order valence-corrected chi connectivity index (χ1v) is 7.20. The van der Waals surface area contributed by atoms with Crippen molar-refractivity contribution in [2.24, 2.45) is 11.8 Å². The Hall–Kier alpha value is -1.51. The third kappa shape index (κ3) is 2.75. The number of hydrogen-bond acceptors (Lipinski definition) is 2. The van der Waals surface area contributed by atoms with E-state index < -0.39 is 0 Å². The lowest BCUT2D eigenvalue weighted by atomic mass is 9.95. The second-order valence-electron chi connectivity index (χ2n) is 5.90. The van der Waals surface area contributed by atoms with Crippen LogP contribution < -0.4 is 10.1 Å². The van der Waals surface area contributed by atoms with Crippen LogP contribution in [0.25, 0.3) is 0 Å². The van der Waals surface area contributed by atoms with Gasteiger partial charge in [-0.1, -0.05) is 24.6 Å². The maximum atomic E-state index is 11.9. The molecule has 2 aliphatic carbocycles. The molecule has 2 bridgehead atoms. The maximum Gasteiger partial charge on any atom is 0.258 e. The Kier molecular flexibility index (Phi) is 3.45. The fraction of sp³-hybridized carbons (Fsp3) is 0.562. The molecule has 2 saturated carbocycles. The molecule has 102 valence electrons. The average Bonchev–Trinajstić information content (AvgIpc) is 3.00. The Labute approximate surface area is 114 Å². The van der Waals surface area contributed by atoms with Crippen LogP contribution in [0.3, 0.4) is 0 Å². The fourth-order valence-corrected chi connectivity index (χ4v) is 3.53. The lowest BCUT2D eigenvalue weighted by Gasteiger charge is -2.22. The van der Waals surface area contributed by atoms with Crippen molar-refractivity contribution in [1.82, 2.24) is 5.32 Å². The molecule has 1 aromatic rings. The van der Waals surface area contributed by atoms with Crippen LogP contribution in [0.4, 0.5) is 0 Å². The monoisotopic (exact) mass is 259 g/mol. The standard InChI is InChI=1S/C16H21NO2/c1-11-4-2-3-5-15(11)19-10-16(18)17-14-9-12-6-7-13(14)8-12/h2-5,12-14H,6-10H2,1H3,(H,17,18)/t12-,13+,14-/m1/s1. The van der Waals surface area contributed by atoms with Crippen LogP contribution in [0.5, 0.6) is 5.75 Å². The summed E-state index contributed by atoms with van der Waals surface area (Å²) in [7, 11) is 0. The number of rotatable bonds is 4. The van der Waals surface area contributed by atoms with Gasteiger partial charge in [-0.15, -0.1) is 0 Å². The summed E-state index contributed by atoms with van der Waals surface area (Å²) < 4.78 is 5.58. The Morgan fingerprint density at radius 1 is 1.32 bits per heavy atom. The van der Waals surface area contributed by atoms with Gasteiger partial charge in [0.25, 0.3) is 5.91 Å². The van der Waals surface area contributed by atoms with E-state index in [2.05, 4.69) is 5.32 Å². The Morgan fingerprint density at radius 2 is 2.16 bits per heavy atom. The summed E-state index contributed by atoms with van der Waals surface area (Å²) in [5.41, 5.74) is 1.07. The van der Waals surface area contributed by atoms with E-state index in [1.807, 2.05) is 31.2 Å². The summed E-state index contributed by atoms with van der Waals surface area (Å²) in [6.07, 6.45) is 5.12. The molecule has 0 aliphatic heterocycles. The van der Waals surface area contributed by atoms with E-state index in [1.54, 1.807) is 0 Å². The number of para-hydroxylation sites is 1. The van der Waals surface area contributed by atoms with Gasteiger partial charge in [-0.25, -0.2) is 0 Å². The maximum absolute atomic E-state index is 11.9. The predicted molar refractivity (Wildman–Crippen MR) is 74.1 cm³/mol. The second-order valence-corrected chi connectivity index (χ2v) is 5.90. The summed E-state index contributed by atoms with van der Waals surface area (Å²) in [5.74, 6) is 2.38. The zero-order valence-corrected chi connectivity index (χ0v) is 11.4. The first-order valence-electron chi connectivity index (χ1n) is 7.20. The third-order valence-electron chi connectivity index (χ3n) is 4.54. The van der Waals surface area contributed by atoms with Crippen molar-refractivity contribution in [1.29, 1.82) is 0 Å². The minimum Gasteiger partial charge on any atom is -0.484 e. The highest BCUT2D eigenvalue weighted by atomic mass is 16.5. The topological polar surface area (TPSA) is 38.3 Å². The fourth-order valence-electron chi connectivity index (χ4n) is 3.53. The van der Waals surface area contributed by atoms with Crippen LogP contribution in [0.15, 0.2) is 24.3 Å². The molecular weight excluding hydrogens is 238 g/mol. The molecule has 1 aromatic carbocycles. The van der Waals surface area contributed by atoms with Crippen LogP contribution in [-0.2, 0) is 4.79 Å². The van der Waals surface area contributed by atoms with Gasteiger partial charge in [0, 0.05) is 6.04 Å². The van der Waals surface area contributed by atoms with E-state index in [-0.39, 0.29) is 12.5 Å². The number of nitrogens with one attached hydrogen (secondary N) is 1. The SMILES string of the molecule is Cc1ccccc1OCC(=O)N[C@@H]1C[C@@H]2CC[C@H]1C2. The number of benzene rings is 1. The zero-order chi connectivity index (χ0) is 13.2. The molecule has 2 aliphatic rings. The Balaban J connectivity index is 1.48. The number of ether oxygens (including phenoxy) is 1. The molecule has 0 saturated heterocycles. The minimum absolute atomic E-state index is 0.0146. The van der Waals surface area contributed by atoms with Crippen LogP contribution in [-0.4, -0.2) is 18.6 Å². The predicted octanol–water partition coefficient (Wildman–Crippen LogP) is 2.68. The summed E-state index contributed by atoms with van der Waals surface area (Å²) >= 11 is 0. The van der Waals surface area contributed by atoms with Crippen molar-refractivity contribution >= 4 is 5.91 Å². The number of carbonyl (C=O) groups is 1. The van der Waals surface area contributed by atoms with Crippen molar-refractivity contribution in [2.45, 2.75) is 38.6 Å². The quantitative estimate of drug-likeness (QED) is 0.902. The van der Waals surface area contributed by atoms with E-state index in [0.717, 1.165) is 17.2 Å². The van der Waals surface area contributed by atoms with Crippen molar-refractivity contribution in [2.75, 3.05) is 6.61 Å². The molecule has 1 N–H and O–H groups in total. The van der Waals surface area contributed by atoms with E-state index in [9.17, 15) is 4.79 Å². The van der Waals surface area contributed by atoms with Gasteiger partial charge >= 0.3 is 0 Å². The summed E-state index contributed by atoms with van der Waals surface area (Å²) in [5, 5.41) is 3.14. The molecule has 0 aromatic heterocycles. The normalized spacial score (nSPS) is 28.4. The van der Waals surface area contributed by atoms with Gasteiger partial charge < -0.3 is 10.1 Å². The number of carbonyl (C=O) groups excluding carboxylic acids is 1. The number of aryl methyl sites for hydroxylation is 1. The van der Waals surface area contributed by atoms with E-state index >= 15 is 0 Å². The highest BCUT2D eigenvalue weighted by Crippen LogP contribution is 2.44. The van der Waals surface area contributed by atoms with Gasteiger partial charge in [-0.05, 0) is 49.7 Å². The summed E-state index contributed by atoms with van der Waals surface area (Å²) in [4.78, 5) is 11.9. The Morgan fingerprint density at radius 3 is 2.84 bits per heavy atom. The van der Waals surface area contributed by atoms with Gasteiger partial charge in [0.2, 0.25) is 0 Å². The first-order chi connectivity index (χ1) is 9.22. The molecule has 0 radical (unpaired) electrons. The molecular formula is C16H21NO2. The molecule has 3 atom stereocenters. The highest BCUT2D eigenvalue weighted by molar-refractivity contribution is 5.78. The molecule has 19 heavy (non-hydrogen) atoms. The van der Waals surface area contributed by atoms with Crippen LogP contribution in [0.1, 0.15) is 31.2 Å². The lowest BCUT2D eigenvalue weighted by molar-refractivity contribution is -0.124. The molecule has 2 fully saturated rings. The van der Waals surface area contributed by atoms with Crippen molar-refractivity contribution < 1.29 is 9.53 Å². The number of amides is 1. The second kappa shape index (κ2) is 5.24. The summed E-state index contributed by atoms with van der Waals surface area (Å²) in [6.45, 7) is 2.11. The zero-order valence-electron chi connectivity index (χ0n) is 11.4. The minimum atomic E-state index is 0.0146. The molecule has 3 heteroatoms. The van der Waals surface area contributed by atoms with Crippen LogP contribution >= 0.6 is 0 Å². The van der Waals surface area contributed by atoms with Crippen molar-refractivity contribution in [3.63, 3.8) is 0 Å². The van der Waals surface area contributed by atoms with E-state index in [4.69, 9.17) is 4.74 Å². The van der Waals surface area contributed by atoms with Crippen molar-refractivity contribution in [3.05, 3.63) is 29.8 Å². The average molecular weight is 259 g/mol. The van der Waals surface area contributed by atoms with Gasteiger partial charge in [0.1, 0.15) is 5.75 Å². The van der Waals surface area contributed by atoms with Gasteiger partial charge in [0.05, 0.1) is 0 Å². The lowest BCUT2D eigenvalue weighted by Crippen LogP contribution is -2.40. The molecule has 1 amide bonds. The number of fused-ring (bicyclic) bond motifs is 2. The molecule has 0 unspecified atom stereocenters. The van der Waals surface area contributed by atoms with Gasteiger partial charge in [-0.3, -0.25) is 4.79 Å². The van der Waals surface area contributed by atoms with E-state index in [1.165, 1.54) is 25.7 Å².